The Bertz CT molecular complexity index is 344. The number of halogens is 3. The fraction of sp³-hybridized carbons (Fsp3) is 0.250. The van der Waals surface area contributed by atoms with E-state index < -0.39 is 17.9 Å². The molecule has 0 saturated carbocycles. The normalized spacial score (nSPS) is 10.1. The maximum Gasteiger partial charge on any atom is 0.264 e. The topological polar surface area (TPSA) is 36.7 Å². The molecule has 0 unspecified atom stereocenters. The number of nitriles is 1. The van der Waals surface area contributed by atoms with E-state index in [9.17, 15) is 13.2 Å². The molecule has 0 aromatic carbocycles. The van der Waals surface area contributed by atoms with Gasteiger partial charge in [0.25, 0.3) is 6.43 Å². The van der Waals surface area contributed by atoms with Crippen molar-refractivity contribution in [3.63, 3.8) is 0 Å². The molecule has 0 N–H and O–H groups in total. The van der Waals surface area contributed by atoms with E-state index in [4.69, 9.17) is 5.26 Å². The fourth-order valence-corrected chi connectivity index (χ4v) is 0.908. The summed E-state index contributed by atoms with van der Waals surface area (Å²) >= 11 is 0. The SMILES string of the molecule is N#CCc1cnc(F)cc1C(F)F. The molecule has 0 aliphatic rings. The van der Waals surface area contributed by atoms with Crippen molar-refractivity contribution in [1.82, 2.24) is 4.98 Å². The van der Waals surface area contributed by atoms with Crippen molar-refractivity contribution in [2.24, 2.45) is 0 Å². The summed E-state index contributed by atoms with van der Waals surface area (Å²) in [6.07, 6.45) is -2.01. The predicted molar refractivity (Wildman–Crippen MR) is 38.5 cm³/mol. The smallest absolute Gasteiger partial charge is 0.228 e. The van der Waals surface area contributed by atoms with Crippen LogP contribution in [-0.2, 0) is 6.42 Å². The van der Waals surface area contributed by atoms with Gasteiger partial charge in [0.1, 0.15) is 0 Å². The first-order chi connectivity index (χ1) is 6.15. The summed E-state index contributed by atoms with van der Waals surface area (Å²) < 4.78 is 36.9. The number of aromatic nitrogens is 1. The van der Waals surface area contributed by atoms with Gasteiger partial charge in [-0.25, -0.2) is 13.8 Å². The lowest BCUT2D eigenvalue weighted by molar-refractivity contribution is 0.149. The third-order valence-corrected chi connectivity index (χ3v) is 1.49. The largest absolute Gasteiger partial charge is 0.264 e. The molecule has 0 radical (unpaired) electrons. The van der Waals surface area contributed by atoms with Crippen molar-refractivity contribution in [3.05, 3.63) is 29.3 Å². The fourth-order valence-electron chi connectivity index (χ4n) is 0.908. The first kappa shape index (κ1) is 9.52. The highest BCUT2D eigenvalue weighted by Crippen LogP contribution is 2.22. The van der Waals surface area contributed by atoms with Gasteiger partial charge < -0.3 is 0 Å². The quantitative estimate of drug-likeness (QED) is 0.664. The summed E-state index contributed by atoms with van der Waals surface area (Å²) in [5.41, 5.74) is -0.395. The zero-order valence-corrected chi connectivity index (χ0v) is 6.47. The van der Waals surface area contributed by atoms with Crippen LogP contribution in [0.1, 0.15) is 17.6 Å². The maximum atomic E-state index is 12.4. The van der Waals surface area contributed by atoms with Crippen LogP contribution < -0.4 is 0 Å². The van der Waals surface area contributed by atoms with Gasteiger partial charge >= 0.3 is 0 Å². The predicted octanol–water partition coefficient (Wildman–Crippen LogP) is 2.22. The second-order valence-corrected chi connectivity index (χ2v) is 2.34. The molecule has 0 aliphatic heterocycles. The van der Waals surface area contributed by atoms with Crippen molar-refractivity contribution in [3.8, 4) is 6.07 Å². The first-order valence-electron chi connectivity index (χ1n) is 3.44. The highest BCUT2D eigenvalue weighted by molar-refractivity contribution is 5.27. The van der Waals surface area contributed by atoms with Crippen molar-refractivity contribution in [1.29, 1.82) is 5.26 Å². The second-order valence-electron chi connectivity index (χ2n) is 2.34. The molecule has 1 rings (SSSR count). The molecule has 2 nitrogen and oxygen atoms in total. The lowest BCUT2D eigenvalue weighted by Crippen LogP contribution is -1.97. The molecule has 0 aliphatic carbocycles. The van der Waals surface area contributed by atoms with Gasteiger partial charge in [-0.15, -0.1) is 0 Å². The van der Waals surface area contributed by atoms with Crippen LogP contribution >= 0.6 is 0 Å². The van der Waals surface area contributed by atoms with Crippen LogP contribution in [0.3, 0.4) is 0 Å². The van der Waals surface area contributed by atoms with Gasteiger partial charge in [0.05, 0.1) is 12.5 Å². The molecular formula is C8H5F3N2. The molecule has 0 spiro atoms. The lowest BCUT2D eigenvalue weighted by atomic mass is 10.1. The van der Waals surface area contributed by atoms with Crippen LogP contribution in [0.5, 0.6) is 0 Å². The van der Waals surface area contributed by atoms with Gasteiger partial charge in [-0.1, -0.05) is 0 Å². The van der Waals surface area contributed by atoms with Gasteiger partial charge in [0, 0.05) is 17.8 Å². The highest BCUT2D eigenvalue weighted by Gasteiger charge is 2.14. The average Bonchev–Trinajstić information content (AvgIpc) is 2.08. The Kier molecular flexibility index (Phi) is 2.85. The summed E-state index contributed by atoms with van der Waals surface area (Å²) in [5, 5.41) is 8.28. The van der Waals surface area contributed by atoms with Crippen LogP contribution in [0, 0.1) is 17.3 Å². The summed E-state index contributed by atoms with van der Waals surface area (Å²) in [4.78, 5) is 3.19. The number of hydrogen-bond donors (Lipinski definition) is 0. The molecule has 1 aromatic rings. The van der Waals surface area contributed by atoms with E-state index in [2.05, 4.69) is 4.98 Å². The third-order valence-electron chi connectivity index (χ3n) is 1.49. The highest BCUT2D eigenvalue weighted by atomic mass is 19.3. The van der Waals surface area contributed by atoms with Crippen LogP contribution in [-0.4, -0.2) is 4.98 Å². The summed E-state index contributed by atoms with van der Waals surface area (Å²) in [6, 6.07) is 2.35. The third kappa shape index (κ3) is 2.18. The van der Waals surface area contributed by atoms with Crippen LogP contribution in [0.25, 0.3) is 0 Å². The lowest BCUT2D eigenvalue weighted by Gasteiger charge is -2.03. The summed E-state index contributed by atoms with van der Waals surface area (Å²) in [5.74, 6) is -0.961. The number of rotatable bonds is 2. The number of alkyl halides is 2. The van der Waals surface area contributed by atoms with E-state index >= 15 is 0 Å². The number of hydrogen-bond acceptors (Lipinski definition) is 2. The minimum absolute atomic E-state index is 0.0684. The summed E-state index contributed by atoms with van der Waals surface area (Å²) in [6.45, 7) is 0. The molecular weight excluding hydrogens is 181 g/mol. The van der Waals surface area contributed by atoms with Crippen molar-refractivity contribution in [2.75, 3.05) is 0 Å². The molecule has 13 heavy (non-hydrogen) atoms. The van der Waals surface area contributed by atoms with Gasteiger partial charge in [0.15, 0.2) is 0 Å². The standard InChI is InChI=1S/C8H5F3N2/c9-7-3-6(8(10)11)5(1-2-12)4-13-7/h3-4,8H,1H2. The Hall–Kier alpha value is -1.57. The van der Waals surface area contributed by atoms with E-state index in [0.29, 0.717) is 6.07 Å². The Morgan fingerprint density at radius 3 is 2.77 bits per heavy atom. The van der Waals surface area contributed by atoms with Crippen molar-refractivity contribution >= 4 is 0 Å². The van der Waals surface area contributed by atoms with Gasteiger partial charge in [-0.05, 0) is 5.56 Å². The van der Waals surface area contributed by atoms with Crippen molar-refractivity contribution < 1.29 is 13.2 Å². The molecule has 1 heterocycles. The molecule has 0 fully saturated rings. The van der Waals surface area contributed by atoms with Crippen molar-refractivity contribution in [2.45, 2.75) is 12.8 Å². The maximum absolute atomic E-state index is 12.4. The number of nitrogens with zero attached hydrogens (tertiary/aromatic N) is 2. The van der Waals surface area contributed by atoms with Gasteiger partial charge in [-0.2, -0.15) is 9.65 Å². The minimum atomic E-state index is -2.78. The zero-order valence-electron chi connectivity index (χ0n) is 6.47. The zero-order chi connectivity index (χ0) is 9.84. The molecule has 68 valence electrons. The molecule has 5 heteroatoms. The molecule has 0 atom stereocenters. The van der Waals surface area contributed by atoms with Gasteiger partial charge in [0.2, 0.25) is 5.95 Å². The Morgan fingerprint density at radius 1 is 1.54 bits per heavy atom. The monoisotopic (exact) mass is 186 g/mol. The van der Waals surface area contributed by atoms with E-state index in [-0.39, 0.29) is 12.0 Å². The van der Waals surface area contributed by atoms with E-state index in [1.165, 1.54) is 0 Å². The molecule has 1 aromatic heterocycles. The van der Waals surface area contributed by atoms with Gasteiger partial charge in [-0.3, -0.25) is 0 Å². The average molecular weight is 186 g/mol. The second kappa shape index (κ2) is 3.90. The Morgan fingerprint density at radius 2 is 2.23 bits per heavy atom. The minimum Gasteiger partial charge on any atom is -0.228 e. The Balaban J connectivity index is 3.12. The van der Waals surface area contributed by atoms with E-state index in [0.717, 1.165) is 6.20 Å². The van der Waals surface area contributed by atoms with E-state index in [1.807, 2.05) is 0 Å². The number of pyridine rings is 1. The molecule has 0 saturated heterocycles. The van der Waals surface area contributed by atoms with Crippen LogP contribution in [0.15, 0.2) is 12.3 Å². The van der Waals surface area contributed by atoms with Crippen LogP contribution in [0.4, 0.5) is 13.2 Å². The van der Waals surface area contributed by atoms with E-state index in [1.54, 1.807) is 6.07 Å². The Labute approximate surface area is 72.6 Å². The van der Waals surface area contributed by atoms with Crippen LogP contribution in [0.2, 0.25) is 0 Å². The molecule has 0 amide bonds. The first-order valence-corrected chi connectivity index (χ1v) is 3.44. The molecule has 0 bridgehead atoms. The summed E-state index contributed by atoms with van der Waals surface area (Å²) in [7, 11) is 0.